The molecule has 90 valence electrons. The molecule has 4 heteroatoms. The van der Waals surface area contributed by atoms with Crippen LogP contribution in [0.1, 0.15) is 19.3 Å². The fourth-order valence-electron chi connectivity index (χ4n) is 1.62. The van der Waals surface area contributed by atoms with Gasteiger partial charge < -0.3 is 9.47 Å². The quantitative estimate of drug-likeness (QED) is 0.747. The molecule has 2 rings (SSSR count). The van der Waals surface area contributed by atoms with E-state index < -0.39 is 0 Å². The normalized spacial score (nSPS) is 18.5. The van der Waals surface area contributed by atoms with Crippen LogP contribution in [0.3, 0.4) is 0 Å². The van der Waals surface area contributed by atoms with Crippen molar-refractivity contribution >= 4 is 21.7 Å². The second-order valence-electron chi connectivity index (χ2n) is 3.83. The van der Waals surface area contributed by atoms with Crippen molar-refractivity contribution in [1.82, 2.24) is 0 Å². The van der Waals surface area contributed by atoms with Gasteiger partial charge in [-0.3, -0.25) is 4.79 Å². The lowest BCUT2D eigenvalue weighted by molar-refractivity contribution is -0.116. The van der Waals surface area contributed by atoms with Gasteiger partial charge in [0.25, 0.3) is 0 Å². The van der Waals surface area contributed by atoms with E-state index >= 15 is 0 Å². The first-order valence-corrected chi connectivity index (χ1v) is 6.58. The molecule has 0 aromatic rings. The predicted molar refractivity (Wildman–Crippen MR) is 68.2 cm³/mol. The van der Waals surface area contributed by atoms with Crippen molar-refractivity contribution in [1.29, 1.82) is 0 Å². The maximum absolute atomic E-state index is 11.3. The summed E-state index contributed by atoms with van der Waals surface area (Å²) in [4.78, 5) is 11.3. The van der Waals surface area contributed by atoms with Crippen LogP contribution in [-0.4, -0.2) is 11.1 Å². The number of alkyl halides is 1. The lowest BCUT2D eigenvalue weighted by Crippen LogP contribution is -2.09. The highest BCUT2D eigenvalue weighted by Gasteiger charge is 2.15. The van der Waals surface area contributed by atoms with E-state index in [2.05, 4.69) is 34.2 Å². The molecule has 0 N–H and O–H groups in total. The van der Waals surface area contributed by atoms with Crippen LogP contribution < -0.4 is 0 Å². The Morgan fingerprint density at radius 1 is 1.35 bits per heavy atom. The molecule has 0 saturated carbocycles. The molecule has 2 aliphatic rings. The summed E-state index contributed by atoms with van der Waals surface area (Å²) < 4.78 is 10.6. The van der Waals surface area contributed by atoms with Crippen molar-refractivity contribution in [2.24, 2.45) is 0 Å². The minimum absolute atomic E-state index is 0.125. The van der Waals surface area contributed by atoms with Gasteiger partial charge >= 0.3 is 0 Å². The van der Waals surface area contributed by atoms with E-state index in [4.69, 9.17) is 9.47 Å². The first-order valence-electron chi connectivity index (χ1n) is 5.46. The van der Waals surface area contributed by atoms with Crippen LogP contribution in [0.4, 0.5) is 0 Å². The third kappa shape index (κ3) is 3.33. The first kappa shape index (κ1) is 12.2. The third-order valence-electron chi connectivity index (χ3n) is 2.53. The second kappa shape index (κ2) is 5.87. The molecule has 0 amide bonds. The van der Waals surface area contributed by atoms with Crippen LogP contribution >= 0.6 is 15.9 Å². The summed E-state index contributed by atoms with van der Waals surface area (Å²) in [6.45, 7) is 0. The maximum Gasteiger partial charge on any atom is 0.211 e. The van der Waals surface area contributed by atoms with Gasteiger partial charge in [-0.1, -0.05) is 39.7 Å². The summed E-state index contributed by atoms with van der Waals surface area (Å²) in [5.41, 5.74) is 1.31. The molecular formula is C13H13BrO3. The topological polar surface area (TPSA) is 35.5 Å². The lowest BCUT2D eigenvalue weighted by Gasteiger charge is -2.16. The van der Waals surface area contributed by atoms with E-state index in [1.54, 1.807) is 0 Å². The van der Waals surface area contributed by atoms with Gasteiger partial charge in [0, 0.05) is 6.42 Å². The summed E-state index contributed by atoms with van der Waals surface area (Å²) in [5.74, 6) is 0.848. The van der Waals surface area contributed by atoms with Crippen LogP contribution in [0, 0.1) is 0 Å². The third-order valence-corrected chi connectivity index (χ3v) is 3.04. The number of carbonyl (C=O) groups is 1. The monoisotopic (exact) mass is 296 g/mol. The highest BCUT2D eigenvalue weighted by atomic mass is 79.9. The minimum atomic E-state index is -0.125. The van der Waals surface area contributed by atoms with Gasteiger partial charge in [0.15, 0.2) is 0 Å². The Balaban J connectivity index is 1.90. The van der Waals surface area contributed by atoms with E-state index in [-0.39, 0.29) is 16.9 Å². The van der Waals surface area contributed by atoms with Gasteiger partial charge in [-0.25, -0.2) is 0 Å². The molecule has 0 aromatic carbocycles. The Labute approximate surface area is 109 Å². The number of carbonyl (C=O) groups excluding carboxylic acids is 1. The Morgan fingerprint density at radius 2 is 2.24 bits per heavy atom. The van der Waals surface area contributed by atoms with Gasteiger partial charge in [-0.15, -0.1) is 0 Å². The number of allylic oxidation sites excluding steroid dienone is 5. The average Bonchev–Trinajstić information content (AvgIpc) is 2.40. The molecule has 0 radical (unpaired) electrons. The van der Waals surface area contributed by atoms with Gasteiger partial charge in [-0.05, 0) is 12.8 Å². The number of rotatable bonds is 4. The van der Waals surface area contributed by atoms with Crippen molar-refractivity contribution < 1.29 is 14.3 Å². The van der Waals surface area contributed by atoms with E-state index in [0.717, 1.165) is 25.0 Å². The van der Waals surface area contributed by atoms with Crippen molar-refractivity contribution in [3.05, 3.63) is 47.8 Å². The summed E-state index contributed by atoms with van der Waals surface area (Å²) in [5, 5.41) is 0.237. The van der Waals surface area contributed by atoms with E-state index in [1.165, 1.54) is 18.1 Å². The fourth-order valence-corrected chi connectivity index (χ4v) is 1.89. The smallest absolute Gasteiger partial charge is 0.211 e. The van der Waals surface area contributed by atoms with Crippen LogP contribution in [0.25, 0.3) is 0 Å². The van der Waals surface area contributed by atoms with E-state index in [9.17, 15) is 4.79 Å². The highest BCUT2D eigenvalue weighted by molar-refractivity contribution is 9.09. The van der Waals surface area contributed by atoms with Crippen molar-refractivity contribution in [3.63, 3.8) is 0 Å². The molecular weight excluding hydrogens is 284 g/mol. The Kier molecular flexibility index (Phi) is 4.20. The fraction of sp³-hybridized carbons (Fsp3) is 0.308. The average molecular weight is 297 g/mol. The number of ketones is 1. The molecule has 0 spiro atoms. The highest BCUT2D eigenvalue weighted by Crippen LogP contribution is 2.23. The molecule has 1 heterocycles. The summed E-state index contributed by atoms with van der Waals surface area (Å²) in [7, 11) is 0. The molecule has 0 unspecified atom stereocenters. The van der Waals surface area contributed by atoms with Crippen molar-refractivity contribution in [2.75, 3.05) is 5.33 Å². The number of hydrogen-bond donors (Lipinski definition) is 0. The standard InChI is InChI=1S/C13H13BrO3/c14-7-12(15)13-9-16-11(8-17-13)6-10-4-2-1-3-5-10/h1-2,4,8-9H,3,5-7H2. The SMILES string of the molecule is O=C(CBr)C1=COC(CC2=CC=CCC2)=CO1. The summed E-state index contributed by atoms with van der Waals surface area (Å²) >= 11 is 3.08. The number of hydrogen-bond acceptors (Lipinski definition) is 3. The molecule has 0 aromatic heterocycles. The number of halogens is 1. The molecule has 1 aliphatic heterocycles. The van der Waals surface area contributed by atoms with Crippen molar-refractivity contribution in [2.45, 2.75) is 19.3 Å². The Hall–Kier alpha value is -1.29. The Bertz CT molecular complexity index is 430. The number of ether oxygens (including phenoxy) is 2. The van der Waals surface area contributed by atoms with E-state index in [0.29, 0.717) is 0 Å². The lowest BCUT2D eigenvalue weighted by atomic mass is 10.0. The molecule has 1 aliphatic carbocycles. The molecule has 17 heavy (non-hydrogen) atoms. The molecule has 0 bridgehead atoms. The van der Waals surface area contributed by atoms with Crippen molar-refractivity contribution in [3.8, 4) is 0 Å². The van der Waals surface area contributed by atoms with Gasteiger partial charge in [0.2, 0.25) is 11.5 Å². The largest absolute Gasteiger partial charge is 0.462 e. The molecule has 3 nitrogen and oxygen atoms in total. The summed E-state index contributed by atoms with van der Waals surface area (Å²) in [6.07, 6.45) is 12.0. The zero-order chi connectivity index (χ0) is 12.1. The molecule has 0 atom stereocenters. The minimum Gasteiger partial charge on any atom is -0.462 e. The van der Waals surface area contributed by atoms with E-state index in [1.807, 2.05) is 0 Å². The van der Waals surface area contributed by atoms with Crippen LogP contribution in [0.5, 0.6) is 0 Å². The molecule has 0 fully saturated rings. The summed E-state index contributed by atoms with van der Waals surface area (Å²) in [6, 6.07) is 0. The number of Topliss-reactive ketones (excluding diaryl/α,β-unsaturated/α-hetero) is 1. The van der Waals surface area contributed by atoms with Gasteiger partial charge in [0.05, 0.1) is 5.33 Å². The zero-order valence-corrected chi connectivity index (χ0v) is 10.9. The Morgan fingerprint density at radius 3 is 2.82 bits per heavy atom. The van der Waals surface area contributed by atoms with Gasteiger partial charge in [-0.2, -0.15) is 0 Å². The maximum atomic E-state index is 11.3. The predicted octanol–water partition coefficient (Wildman–Crippen LogP) is 3.35. The second-order valence-corrected chi connectivity index (χ2v) is 4.39. The van der Waals surface area contributed by atoms with Crippen LogP contribution in [0.2, 0.25) is 0 Å². The molecule has 0 saturated heterocycles. The van der Waals surface area contributed by atoms with Crippen LogP contribution in [-0.2, 0) is 14.3 Å². The van der Waals surface area contributed by atoms with Gasteiger partial charge in [0.1, 0.15) is 18.3 Å². The zero-order valence-electron chi connectivity index (χ0n) is 9.32. The van der Waals surface area contributed by atoms with Crippen LogP contribution in [0.15, 0.2) is 47.8 Å². The first-order chi connectivity index (χ1) is 8.29.